The highest BCUT2D eigenvalue weighted by molar-refractivity contribution is 5.76. The first-order valence-corrected chi connectivity index (χ1v) is 7.57. The summed E-state index contributed by atoms with van der Waals surface area (Å²) >= 11 is 0. The third-order valence-electron chi connectivity index (χ3n) is 4.01. The van der Waals surface area contributed by atoms with E-state index in [-0.39, 0.29) is 18.0 Å². The van der Waals surface area contributed by atoms with Crippen LogP contribution in [0.15, 0.2) is 0 Å². The zero-order valence-corrected chi connectivity index (χ0v) is 13.4. The van der Waals surface area contributed by atoms with Gasteiger partial charge in [-0.15, -0.1) is 0 Å². The molecule has 0 bridgehead atoms. The van der Waals surface area contributed by atoms with Gasteiger partial charge >= 0.3 is 0 Å². The van der Waals surface area contributed by atoms with Gasteiger partial charge in [0.25, 0.3) is 0 Å². The monoisotopic (exact) mass is 294 g/mol. The molecule has 0 saturated carbocycles. The van der Waals surface area contributed by atoms with Crippen LogP contribution in [0.1, 0.15) is 30.3 Å². The summed E-state index contributed by atoms with van der Waals surface area (Å²) in [5, 5.41) is 10.8. The maximum Gasteiger partial charge on any atom is 0.221 e. The Morgan fingerprint density at radius 3 is 2.90 bits per heavy atom. The van der Waals surface area contributed by atoms with Crippen LogP contribution in [0, 0.1) is 13.8 Å². The first kappa shape index (κ1) is 16.0. The molecule has 118 valence electrons. The van der Waals surface area contributed by atoms with Gasteiger partial charge in [-0.2, -0.15) is 5.10 Å². The lowest BCUT2D eigenvalue weighted by Gasteiger charge is -2.24. The first-order chi connectivity index (χ1) is 9.97. The number of nitrogens with one attached hydrogen (secondary N) is 2. The molecule has 1 amide bonds. The quantitative estimate of drug-likeness (QED) is 0.828. The normalized spacial score (nSPS) is 20.3. The molecule has 0 aromatic carbocycles. The Morgan fingerprint density at radius 2 is 2.33 bits per heavy atom. The van der Waals surface area contributed by atoms with Crippen LogP contribution in [0.3, 0.4) is 0 Å². The molecule has 1 aromatic rings. The summed E-state index contributed by atoms with van der Waals surface area (Å²) in [5.41, 5.74) is 3.43. The molecule has 0 aliphatic carbocycles. The van der Waals surface area contributed by atoms with Crippen molar-refractivity contribution in [3.8, 4) is 0 Å². The van der Waals surface area contributed by atoms with E-state index in [2.05, 4.69) is 22.7 Å². The van der Waals surface area contributed by atoms with Gasteiger partial charge in [-0.05, 0) is 32.8 Å². The molecule has 2 rings (SSSR count). The lowest BCUT2D eigenvalue weighted by atomic mass is 10.0. The van der Waals surface area contributed by atoms with E-state index in [1.807, 2.05) is 25.6 Å². The number of amides is 1. The van der Waals surface area contributed by atoms with Crippen LogP contribution in [0.4, 0.5) is 0 Å². The molecule has 1 aliphatic heterocycles. The largest absolute Gasteiger partial charge is 0.378 e. The number of hydrogen-bond donors (Lipinski definition) is 2. The predicted octanol–water partition coefficient (Wildman–Crippen LogP) is 0.463. The minimum absolute atomic E-state index is 0.0738. The van der Waals surface area contributed by atoms with Crippen molar-refractivity contribution < 1.29 is 9.53 Å². The van der Waals surface area contributed by atoms with Crippen molar-refractivity contribution in [2.75, 3.05) is 19.8 Å². The van der Waals surface area contributed by atoms with Crippen LogP contribution in [0.25, 0.3) is 0 Å². The molecule has 0 spiro atoms. The van der Waals surface area contributed by atoms with Crippen LogP contribution < -0.4 is 10.6 Å². The lowest BCUT2D eigenvalue weighted by molar-refractivity contribution is -0.122. The predicted molar refractivity (Wildman–Crippen MR) is 81.2 cm³/mol. The summed E-state index contributed by atoms with van der Waals surface area (Å²) in [5.74, 6) is 0.0738. The second-order valence-corrected chi connectivity index (χ2v) is 5.88. The highest BCUT2D eigenvalue weighted by Crippen LogP contribution is 2.14. The molecule has 0 radical (unpaired) electrons. The fourth-order valence-electron chi connectivity index (χ4n) is 2.78. The Hall–Kier alpha value is -1.40. The van der Waals surface area contributed by atoms with Crippen molar-refractivity contribution in [3.63, 3.8) is 0 Å². The van der Waals surface area contributed by atoms with Gasteiger partial charge in [-0.25, -0.2) is 0 Å². The zero-order valence-electron chi connectivity index (χ0n) is 13.4. The summed E-state index contributed by atoms with van der Waals surface area (Å²) in [6.45, 7) is 8.28. The molecule has 2 atom stereocenters. The third-order valence-corrected chi connectivity index (χ3v) is 4.01. The van der Waals surface area contributed by atoms with Crippen LogP contribution in [0.5, 0.6) is 0 Å². The molecule has 1 aliphatic rings. The highest BCUT2D eigenvalue weighted by Gasteiger charge is 2.19. The lowest BCUT2D eigenvalue weighted by Crippen LogP contribution is -2.45. The molecule has 2 heterocycles. The van der Waals surface area contributed by atoms with Gasteiger partial charge in [0.15, 0.2) is 0 Å². The number of morpholine rings is 1. The number of carbonyl (C=O) groups is 1. The molecular formula is C15H26N4O2. The van der Waals surface area contributed by atoms with Gasteiger partial charge in [0.05, 0.1) is 18.9 Å². The van der Waals surface area contributed by atoms with E-state index in [4.69, 9.17) is 4.74 Å². The van der Waals surface area contributed by atoms with E-state index in [0.29, 0.717) is 13.0 Å². The fourth-order valence-corrected chi connectivity index (χ4v) is 2.78. The standard InChI is InChI=1S/C15H26N4O2/c1-10(7-14-11(2)18-19(4)12(14)3)17-15(20)8-13-9-21-6-5-16-13/h10,13,16H,5-9H2,1-4H3,(H,17,20). The minimum Gasteiger partial charge on any atom is -0.378 e. The maximum absolute atomic E-state index is 12.1. The number of hydrogen-bond acceptors (Lipinski definition) is 4. The molecule has 1 aromatic heterocycles. The van der Waals surface area contributed by atoms with Crippen molar-refractivity contribution >= 4 is 5.91 Å². The van der Waals surface area contributed by atoms with Crippen molar-refractivity contribution in [1.82, 2.24) is 20.4 Å². The van der Waals surface area contributed by atoms with E-state index in [1.54, 1.807) is 0 Å². The van der Waals surface area contributed by atoms with Crippen LogP contribution in [-0.4, -0.2) is 47.5 Å². The van der Waals surface area contributed by atoms with Crippen LogP contribution in [0.2, 0.25) is 0 Å². The topological polar surface area (TPSA) is 68.2 Å². The Kier molecular flexibility index (Phi) is 5.36. The number of aryl methyl sites for hydroxylation is 2. The van der Waals surface area contributed by atoms with Gasteiger partial charge in [-0.1, -0.05) is 0 Å². The molecule has 6 nitrogen and oxygen atoms in total. The summed E-state index contributed by atoms with van der Waals surface area (Å²) in [4.78, 5) is 12.1. The van der Waals surface area contributed by atoms with Crippen molar-refractivity contribution in [3.05, 3.63) is 17.0 Å². The smallest absolute Gasteiger partial charge is 0.221 e. The second kappa shape index (κ2) is 7.04. The Bertz CT molecular complexity index is 492. The van der Waals surface area contributed by atoms with Crippen molar-refractivity contribution in [1.29, 1.82) is 0 Å². The number of nitrogens with zero attached hydrogens (tertiary/aromatic N) is 2. The van der Waals surface area contributed by atoms with Gasteiger partial charge in [0, 0.05) is 37.8 Å². The number of aromatic nitrogens is 2. The maximum atomic E-state index is 12.1. The highest BCUT2D eigenvalue weighted by atomic mass is 16.5. The van der Waals surface area contributed by atoms with E-state index in [9.17, 15) is 4.79 Å². The van der Waals surface area contributed by atoms with E-state index in [0.717, 1.165) is 31.0 Å². The van der Waals surface area contributed by atoms with Crippen LogP contribution in [-0.2, 0) is 23.0 Å². The Balaban J connectivity index is 1.83. The number of carbonyl (C=O) groups excluding carboxylic acids is 1. The molecule has 1 fully saturated rings. The minimum atomic E-state index is 0.0738. The van der Waals surface area contributed by atoms with Gasteiger partial charge in [0.2, 0.25) is 5.91 Å². The average Bonchev–Trinajstić information content (AvgIpc) is 2.66. The van der Waals surface area contributed by atoms with Crippen molar-refractivity contribution in [2.24, 2.45) is 7.05 Å². The zero-order chi connectivity index (χ0) is 15.4. The van der Waals surface area contributed by atoms with Gasteiger partial charge in [-0.3, -0.25) is 9.48 Å². The van der Waals surface area contributed by atoms with Crippen molar-refractivity contribution in [2.45, 2.75) is 45.7 Å². The SMILES string of the molecule is Cc1nn(C)c(C)c1CC(C)NC(=O)CC1COCCN1. The molecule has 1 saturated heterocycles. The molecular weight excluding hydrogens is 268 g/mol. The number of rotatable bonds is 5. The molecule has 2 N–H and O–H groups in total. The van der Waals surface area contributed by atoms with E-state index < -0.39 is 0 Å². The van der Waals surface area contributed by atoms with Gasteiger partial charge < -0.3 is 15.4 Å². The summed E-state index contributed by atoms with van der Waals surface area (Å²) in [6.07, 6.45) is 1.28. The third kappa shape index (κ3) is 4.28. The fraction of sp³-hybridized carbons (Fsp3) is 0.733. The van der Waals surface area contributed by atoms with E-state index >= 15 is 0 Å². The summed E-state index contributed by atoms with van der Waals surface area (Å²) in [6, 6.07) is 0.233. The van der Waals surface area contributed by atoms with E-state index in [1.165, 1.54) is 5.56 Å². The summed E-state index contributed by atoms with van der Waals surface area (Å²) in [7, 11) is 1.95. The Labute approximate surface area is 126 Å². The second-order valence-electron chi connectivity index (χ2n) is 5.88. The van der Waals surface area contributed by atoms with Gasteiger partial charge in [0.1, 0.15) is 0 Å². The molecule has 6 heteroatoms. The molecule has 2 unspecified atom stereocenters. The first-order valence-electron chi connectivity index (χ1n) is 7.57. The summed E-state index contributed by atoms with van der Waals surface area (Å²) < 4.78 is 7.26. The average molecular weight is 294 g/mol. The Morgan fingerprint density at radius 1 is 1.57 bits per heavy atom. The van der Waals surface area contributed by atoms with Crippen LogP contribution >= 0.6 is 0 Å². The molecule has 21 heavy (non-hydrogen) atoms. The number of ether oxygens (including phenoxy) is 1.